The van der Waals surface area contributed by atoms with E-state index in [0.29, 0.717) is 19.0 Å². The van der Waals surface area contributed by atoms with Crippen molar-refractivity contribution < 1.29 is 19.4 Å². The average molecular weight is 338 g/mol. The highest BCUT2D eigenvalue weighted by Crippen LogP contribution is 2.29. The minimum Gasteiger partial charge on any atom is -0.356 e. The number of carbonyl (C=O) groups is 2. The zero-order valence-electron chi connectivity index (χ0n) is 15.1. The number of piperazine rings is 1. The minimum atomic E-state index is -0.127. The van der Waals surface area contributed by atoms with Crippen molar-refractivity contribution in [2.24, 2.45) is 5.92 Å². The Morgan fingerprint density at radius 3 is 2.62 bits per heavy atom. The number of hydrogen-bond acceptors (Lipinski definition) is 2. The van der Waals surface area contributed by atoms with Crippen molar-refractivity contribution in [2.75, 3.05) is 52.9 Å². The number of nitrogens with one attached hydrogen (secondary N) is 3. The Bertz CT molecular complexity index is 442. The lowest BCUT2D eigenvalue weighted by molar-refractivity contribution is -1.00. The molecule has 3 rings (SSSR count). The van der Waals surface area contributed by atoms with E-state index in [4.69, 9.17) is 0 Å². The summed E-state index contributed by atoms with van der Waals surface area (Å²) in [5.74, 6) is 0.144. The van der Waals surface area contributed by atoms with Crippen LogP contribution in [0.5, 0.6) is 0 Å². The van der Waals surface area contributed by atoms with E-state index in [1.807, 2.05) is 4.90 Å². The topological polar surface area (TPSA) is 58.3 Å². The molecule has 1 unspecified atom stereocenters. The van der Waals surface area contributed by atoms with Crippen LogP contribution in [0.15, 0.2) is 0 Å². The summed E-state index contributed by atoms with van der Waals surface area (Å²) in [6.45, 7) is 7.53. The number of carbonyl (C=O) groups excluding carboxylic acids is 2. The first-order chi connectivity index (χ1) is 11.6. The molecule has 2 aliphatic heterocycles. The Labute approximate surface area is 145 Å². The number of amides is 2. The van der Waals surface area contributed by atoms with E-state index in [0.717, 1.165) is 32.4 Å². The van der Waals surface area contributed by atoms with Gasteiger partial charge in [0.15, 0.2) is 0 Å². The molecule has 3 fully saturated rings. The normalized spacial score (nSPS) is 31.6. The van der Waals surface area contributed by atoms with Gasteiger partial charge < -0.3 is 20.0 Å². The van der Waals surface area contributed by atoms with Crippen LogP contribution in [0.25, 0.3) is 0 Å². The smallest absolute Gasteiger partial charge is 0.225 e. The highest BCUT2D eigenvalue weighted by atomic mass is 16.2. The van der Waals surface area contributed by atoms with Gasteiger partial charge in [-0.1, -0.05) is 12.8 Å². The number of likely N-dealkylation sites (N-methyl/N-ethyl adjacent to an activating group) is 1. The summed E-state index contributed by atoms with van der Waals surface area (Å²) in [5.41, 5.74) is 0. The third-order valence-corrected chi connectivity index (χ3v) is 6.11. The van der Waals surface area contributed by atoms with E-state index in [-0.39, 0.29) is 17.7 Å². The molecule has 0 spiro atoms. The third kappa shape index (κ3) is 4.48. The van der Waals surface area contributed by atoms with Gasteiger partial charge in [-0.2, -0.15) is 0 Å². The molecular weight excluding hydrogens is 304 g/mol. The summed E-state index contributed by atoms with van der Waals surface area (Å²) < 4.78 is 0. The highest BCUT2D eigenvalue weighted by Gasteiger charge is 2.38. The molecule has 2 amide bonds. The summed E-state index contributed by atoms with van der Waals surface area (Å²) >= 11 is 0. The van der Waals surface area contributed by atoms with Gasteiger partial charge in [0.2, 0.25) is 11.8 Å². The fourth-order valence-electron chi connectivity index (χ4n) is 4.45. The predicted molar refractivity (Wildman–Crippen MR) is 91.9 cm³/mol. The molecule has 6 nitrogen and oxygen atoms in total. The lowest BCUT2D eigenvalue weighted by Gasteiger charge is -2.27. The molecule has 6 heteroatoms. The van der Waals surface area contributed by atoms with Crippen LogP contribution in [0, 0.1) is 5.92 Å². The van der Waals surface area contributed by atoms with Crippen molar-refractivity contribution >= 4 is 11.8 Å². The van der Waals surface area contributed by atoms with Gasteiger partial charge in [0, 0.05) is 32.0 Å². The van der Waals surface area contributed by atoms with E-state index in [1.54, 1.807) is 9.80 Å². The maximum Gasteiger partial charge on any atom is 0.225 e. The average Bonchev–Trinajstić information content (AvgIpc) is 3.22. The molecule has 1 atom stereocenters. The van der Waals surface area contributed by atoms with Crippen molar-refractivity contribution in [3.05, 3.63) is 0 Å². The van der Waals surface area contributed by atoms with Gasteiger partial charge in [0.05, 0.1) is 19.5 Å². The maximum atomic E-state index is 12.3. The van der Waals surface area contributed by atoms with Gasteiger partial charge in [-0.05, 0) is 12.8 Å². The molecule has 0 aromatic carbocycles. The van der Waals surface area contributed by atoms with Gasteiger partial charge in [-0.3, -0.25) is 9.59 Å². The monoisotopic (exact) mass is 338 g/mol. The van der Waals surface area contributed by atoms with E-state index in [1.165, 1.54) is 39.0 Å². The van der Waals surface area contributed by atoms with Crippen LogP contribution in [0.1, 0.15) is 38.5 Å². The Balaban J connectivity index is 1.33. The number of hydrogen-bond donors (Lipinski definition) is 3. The lowest BCUT2D eigenvalue weighted by atomic mass is 10.1. The van der Waals surface area contributed by atoms with Crippen LogP contribution in [-0.2, 0) is 9.59 Å². The van der Waals surface area contributed by atoms with Crippen LogP contribution in [0.2, 0.25) is 0 Å². The molecular formula is C18H34N4O2+2. The quantitative estimate of drug-likeness (QED) is 0.477. The SMILES string of the molecule is C[NH+]1CC[NH+](CCCNC(=O)C2CC(=O)N(C3CCCC3)C2)CC1. The van der Waals surface area contributed by atoms with Crippen molar-refractivity contribution in [1.82, 2.24) is 10.2 Å². The molecule has 24 heavy (non-hydrogen) atoms. The zero-order valence-corrected chi connectivity index (χ0v) is 15.1. The second kappa shape index (κ2) is 8.30. The standard InChI is InChI=1S/C18H32N4O2/c1-20-9-11-21(12-10-20)8-4-7-19-18(24)15-13-17(23)22(14-15)16-5-2-3-6-16/h15-16H,2-14H2,1H3,(H,19,24)/p+2. The summed E-state index contributed by atoms with van der Waals surface area (Å²) in [6, 6.07) is 0.401. The number of nitrogens with zero attached hydrogens (tertiary/aromatic N) is 1. The van der Waals surface area contributed by atoms with Gasteiger partial charge in [-0.15, -0.1) is 0 Å². The van der Waals surface area contributed by atoms with Crippen LogP contribution >= 0.6 is 0 Å². The Kier molecular flexibility index (Phi) is 6.11. The number of rotatable bonds is 6. The molecule has 3 aliphatic rings. The summed E-state index contributed by atoms with van der Waals surface area (Å²) in [5, 5.41) is 3.07. The molecule has 0 aromatic heterocycles. The van der Waals surface area contributed by atoms with Crippen LogP contribution < -0.4 is 15.1 Å². The molecule has 2 heterocycles. The molecule has 0 bridgehead atoms. The van der Waals surface area contributed by atoms with E-state index < -0.39 is 0 Å². The molecule has 1 aliphatic carbocycles. The van der Waals surface area contributed by atoms with Gasteiger partial charge in [0.1, 0.15) is 26.2 Å². The Hall–Kier alpha value is -1.14. The molecule has 0 aromatic rings. The first kappa shape index (κ1) is 17.7. The van der Waals surface area contributed by atoms with E-state index >= 15 is 0 Å². The fourth-order valence-corrected chi connectivity index (χ4v) is 4.45. The van der Waals surface area contributed by atoms with Crippen LogP contribution in [0.3, 0.4) is 0 Å². The third-order valence-electron chi connectivity index (χ3n) is 6.11. The molecule has 1 saturated carbocycles. The first-order valence-electron chi connectivity index (χ1n) is 9.85. The fraction of sp³-hybridized carbons (Fsp3) is 0.889. The number of likely N-dealkylation sites (tertiary alicyclic amines) is 1. The minimum absolute atomic E-state index is 0.0849. The predicted octanol–water partition coefficient (Wildman–Crippen LogP) is -2.30. The summed E-state index contributed by atoms with van der Waals surface area (Å²) in [7, 11) is 2.26. The van der Waals surface area contributed by atoms with Crippen molar-refractivity contribution in [3.63, 3.8) is 0 Å². The first-order valence-corrected chi connectivity index (χ1v) is 9.85. The van der Waals surface area contributed by atoms with Gasteiger partial charge in [-0.25, -0.2) is 0 Å². The lowest BCUT2D eigenvalue weighted by Crippen LogP contribution is -3.27. The van der Waals surface area contributed by atoms with Crippen molar-refractivity contribution in [3.8, 4) is 0 Å². The van der Waals surface area contributed by atoms with Crippen LogP contribution in [-0.4, -0.2) is 75.6 Å². The molecule has 2 saturated heterocycles. The summed E-state index contributed by atoms with van der Waals surface area (Å²) in [4.78, 5) is 29.8. The van der Waals surface area contributed by atoms with Crippen LogP contribution in [0.4, 0.5) is 0 Å². The van der Waals surface area contributed by atoms with Crippen molar-refractivity contribution in [2.45, 2.75) is 44.6 Å². The Morgan fingerprint density at radius 1 is 1.21 bits per heavy atom. The second-order valence-electron chi connectivity index (χ2n) is 7.99. The van der Waals surface area contributed by atoms with Gasteiger partial charge >= 0.3 is 0 Å². The van der Waals surface area contributed by atoms with Gasteiger partial charge in [0.25, 0.3) is 0 Å². The zero-order chi connectivity index (χ0) is 16.9. The maximum absolute atomic E-state index is 12.3. The van der Waals surface area contributed by atoms with E-state index in [2.05, 4.69) is 12.4 Å². The Morgan fingerprint density at radius 2 is 1.92 bits per heavy atom. The molecule has 0 radical (unpaired) electrons. The molecule has 136 valence electrons. The van der Waals surface area contributed by atoms with Crippen molar-refractivity contribution in [1.29, 1.82) is 0 Å². The second-order valence-corrected chi connectivity index (χ2v) is 7.99. The summed E-state index contributed by atoms with van der Waals surface area (Å²) in [6.07, 6.45) is 6.13. The highest BCUT2D eigenvalue weighted by molar-refractivity contribution is 5.89. The van der Waals surface area contributed by atoms with E-state index in [9.17, 15) is 9.59 Å². The molecule has 3 N–H and O–H groups in total. The largest absolute Gasteiger partial charge is 0.356 e. The number of quaternary nitrogens is 2.